The van der Waals surface area contributed by atoms with E-state index in [1.54, 1.807) is 12.1 Å². The zero-order chi connectivity index (χ0) is 23.1. The number of aromatic hydroxyl groups is 1. The van der Waals surface area contributed by atoms with Crippen LogP contribution in [0.2, 0.25) is 0 Å². The lowest BCUT2D eigenvalue weighted by Crippen LogP contribution is -2.34. The van der Waals surface area contributed by atoms with Crippen molar-refractivity contribution in [1.82, 2.24) is 0 Å². The highest BCUT2D eigenvalue weighted by Gasteiger charge is 2.56. The predicted octanol–water partition coefficient (Wildman–Crippen LogP) is 5.12. The summed E-state index contributed by atoms with van der Waals surface area (Å²) in [5.74, 6) is -0.546. The lowest BCUT2D eigenvalue weighted by Gasteiger charge is -2.30. The first kappa shape index (κ1) is 21.7. The monoisotopic (exact) mass is 443 g/mol. The summed E-state index contributed by atoms with van der Waals surface area (Å²) in [6.07, 6.45) is 4.40. The van der Waals surface area contributed by atoms with E-state index in [0.717, 1.165) is 18.4 Å². The summed E-state index contributed by atoms with van der Waals surface area (Å²) < 4.78 is 6.22. The Labute approximate surface area is 194 Å². The number of ether oxygens (including phenoxy) is 1. The molecule has 2 amide bonds. The Bertz CT molecular complexity index is 1150. The number of fused-ring (bicyclic) bond motifs is 3. The third-order valence-electron chi connectivity index (χ3n) is 7.25. The highest BCUT2D eigenvalue weighted by Crippen LogP contribution is 2.50. The lowest BCUT2D eigenvalue weighted by atomic mass is 9.70. The van der Waals surface area contributed by atoms with Gasteiger partial charge in [0, 0.05) is 5.92 Å². The van der Waals surface area contributed by atoms with E-state index in [4.69, 9.17) is 4.74 Å². The third kappa shape index (κ3) is 3.91. The fraction of sp³-hybridized carbons (Fsp3) is 0.357. The summed E-state index contributed by atoms with van der Waals surface area (Å²) in [4.78, 5) is 28.0. The fourth-order valence-corrected chi connectivity index (χ4v) is 5.79. The Morgan fingerprint density at radius 2 is 1.88 bits per heavy atom. The first-order valence-electron chi connectivity index (χ1n) is 11.6. The van der Waals surface area contributed by atoms with Gasteiger partial charge in [-0.1, -0.05) is 47.6 Å². The van der Waals surface area contributed by atoms with Crippen molar-refractivity contribution in [2.75, 3.05) is 11.5 Å². The summed E-state index contributed by atoms with van der Waals surface area (Å²) in [5.41, 5.74) is 5.28. The van der Waals surface area contributed by atoms with Crippen LogP contribution in [-0.4, -0.2) is 29.6 Å². The second kappa shape index (κ2) is 8.64. The highest BCUT2D eigenvalue weighted by molar-refractivity contribution is 6.22. The highest BCUT2D eigenvalue weighted by atomic mass is 16.5. The van der Waals surface area contributed by atoms with Crippen molar-refractivity contribution in [3.63, 3.8) is 0 Å². The average Bonchev–Trinajstić information content (AvgIpc) is 3.32. The molecule has 2 saturated heterocycles. The minimum atomic E-state index is -0.328. The van der Waals surface area contributed by atoms with Crippen molar-refractivity contribution in [3.8, 4) is 5.75 Å². The molecule has 170 valence electrons. The number of rotatable bonds is 5. The molecule has 5 heteroatoms. The standard InChI is InChI=1S/C28H29NO4/c1-17(13-19-7-6-10-21(30)15-19)11-12-24-25-18(2)14-22-26(23(25)16-33-24)28(32)29(27(22)31)20-8-4-3-5-9-20/h3-10,13,15,22-24,26,30H,11-12,14,16H2,1-2H3/b17-13+/t22-,23+,24-,26-/m1/s1. The minimum absolute atomic E-state index is 0.0165. The Morgan fingerprint density at radius 1 is 1.09 bits per heavy atom. The van der Waals surface area contributed by atoms with E-state index < -0.39 is 0 Å². The van der Waals surface area contributed by atoms with Gasteiger partial charge >= 0.3 is 0 Å². The maximum Gasteiger partial charge on any atom is 0.238 e. The van der Waals surface area contributed by atoms with Crippen molar-refractivity contribution >= 4 is 23.6 Å². The summed E-state index contributed by atoms with van der Waals surface area (Å²) in [5, 5.41) is 9.68. The number of allylic oxidation sites excluding steroid dienone is 2. The summed E-state index contributed by atoms with van der Waals surface area (Å²) in [7, 11) is 0. The smallest absolute Gasteiger partial charge is 0.238 e. The number of anilines is 1. The van der Waals surface area contributed by atoms with Gasteiger partial charge in [-0.2, -0.15) is 0 Å². The molecule has 0 radical (unpaired) electrons. The zero-order valence-electron chi connectivity index (χ0n) is 19.0. The normalized spacial score (nSPS) is 27.2. The van der Waals surface area contributed by atoms with Crippen molar-refractivity contribution in [2.45, 2.75) is 39.2 Å². The molecule has 4 atom stereocenters. The van der Waals surface area contributed by atoms with Gasteiger partial charge in [-0.3, -0.25) is 14.5 Å². The molecule has 0 saturated carbocycles. The summed E-state index contributed by atoms with van der Waals surface area (Å²) in [6.45, 7) is 4.68. The number of hydrogen-bond acceptors (Lipinski definition) is 4. The first-order chi connectivity index (χ1) is 15.9. The molecule has 0 spiro atoms. The van der Waals surface area contributed by atoms with Gasteiger partial charge < -0.3 is 9.84 Å². The number of hydrogen-bond donors (Lipinski definition) is 1. The molecule has 5 rings (SSSR count). The van der Waals surface area contributed by atoms with E-state index in [2.05, 4.69) is 19.9 Å². The number of para-hydroxylation sites is 1. The molecule has 5 nitrogen and oxygen atoms in total. The number of phenolic OH excluding ortho intramolecular Hbond substituents is 1. The van der Waals surface area contributed by atoms with Crippen molar-refractivity contribution < 1.29 is 19.4 Å². The molecule has 0 bridgehead atoms. The lowest BCUT2D eigenvalue weighted by molar-refractivity contribution is -0.122. The van der Waals surface area contributed by atoms with Gasteiger partial charge in [0.15, 0.2) is 0 Å². The molecule has 0 aromatic heterocycles. The first-order valence-corrected chi connectivity index (χ1v) is 11.6. The van der Waals surface area contributed by atoms with E-state index in [0.29, 0.717) is 18.7 Å². The van der Waals surface area contributed by atoms with E-state index in [9.17, 15) is 14.7 Å². The molecule has 1 aliphatic carbocycles. The van der Waals surface area contributed by atoms with Crippen LogP contribution in [0.4, 0.5) is 5.69 Å². The molecule has 2 heterocycles. The van der Waals surface area contributed by atoms with Gasteiger partial charge in [-0.05, 0) is 68.5 Å². The van der Waals surface area contributed by atoms with E-state index in [1.165, 1.54) is 21.6 Å². The third-order valence-corrected chi connectivity index (χ3v) is 7.25. The zero-order valence-corrected chi connectivity index (χ0v) is 19.0. The van der Waals surface area contributed by atoms with Crippen LogP contribution in [0.15, 0.2) is 71.3 Å². The molecule has 2 aliphatic heterocycles. The molecular formula is C28H29NO4. The van der Waals surface area contributed by atoms with Crippen molar-refractivity contribution in [1.29, 1.82) is 0 Å². The number of carbonyl (C=O) groups is 2. The Morgan fingerprint density at radius 3 is 2.64 bits per heavy atom. The molecule has 0 unspecified atom stereocenters. The summed E-state index contributed by atoms with van der Waals surface area (Å²) >= 11 is 0. The minimum Gasteiger partial charge on any atom is -0.508 e. The van der Waals surface area contributed by atoms with Crippen LogP contribution in [-0.2, 0) is 14.3 Å². The van der Waals surface area contributed by atoms with Crippen LogP contribution < -0.4 is 4.90 Å². The number of phenols is 1. The predicted molar refractivity (Wildman–Crippen MR) is 127 cm³/mol. The molecule has 2 fully saturated rings. The number of nitrogens with zero attached hydrogens (tertiary/aromatic N) is 1. The van der Waals surface area contributed by atoms with Gasteiger partial charge in [-0.15, -0.1) is 0 Å². The Balaban J connectivity index is 1.32. The molecule has 2 aromatic carbocycles. The van der Waals surface area contributed by atoms with Crippen molar-refractivity contribution in [3.05, 3.63) is 76.9 Å². The maximum atomic E-state index is 13.4. The average molecular weight is 444 g/mol. The second-order valence-corrected chi connectivity index (χ2v) is 9.47. The largest absolute Gasteiger partial charge is 0.508 e. The van der Waals surface area contributed by atoms with E-state index in [1.807, 2.05) is 42.5 Å². The van der Waals surface area contributed by atoms with E-state index in [-0.39, 0.29) is 41.4 Å². The van der Waals surface area contributed by atoms with Gasteiger partial charge in [0.25, 0.3) is 0 Å². The summed E-state index contributed by atoms with van der Waals surface area (Å²) in [6, 6.07) is 16.5. The van der Waals surface area contributed by atoms with Gasteiger partial charge in [-0.25, -0.2) is 0 Å². The van der Waals surface area contributed by atoms with Crippen LogP contribution in [0.3, 0.4) is 0 Å². The van der Waals surface area contributed by atoms with Crippen LogP contribution in [0, 0.1) is 17.8 Å². The number of carbonyl (C=O) groups excluding carboxylic acids is 2. The molecule has 3 aliphatic rings. The quantitative estimate of drug-likeness (QED) is 0.515. The SMILES string of the molecule is CC1=C2[C@@H](CC/C(C)=C/c3cccc(O)c3)OC[C@@H]2[C@@H]2C(=O)N(c3ccccc3)C(=O)[C@@H]2C1. The number of amides is 2. The molecule has 33 heavy (non-hydrogen) atoms. The maximum absolute atomic E-state index is 13.4. The van der Waals surface area contributed by atoms with Gasteiger partial charge in [0.05, 0.1) is 30.2 Å². The molecular weight excluding hydrogens is 414 g/mol. The van der Waals surface area contributed by atoms with Crippen LogP contribution in [0.1, 0.15) is 38.7 Å². The Kier molecular flexibility index (Phi) is 5.67. The van der Waals surface area contributed by atoms with Gasteiger partial charge in [0.2, 0.25) is 11.8 Å². The van der Waals surface area contributed by atoms with Gasteiger partial charge in [0.1, 0.15) is 5.75 Å². The molecule has 1 N–H and O–H groups in total. The van der Waals surface area contributed by atoms with E-state index >= 15 is 0 Å². The number of benzene rings is 2. The van der Waals surface area contributed by atoms with Crippen LogP contribution in [0.25, 0.3) is 6.08 Å². The number of imide groups is 1. The van der Waals surface area contributed by atoms with Crippen LogP contribution >= 0.6 is 0 Å². The Hall–Kier alpha value is -3.18. The van der Waals surface area contributed by atoms with Crippen LogP contribution in [0.5, 0.6) is 5.75 Å². The van der Waals surface area contributed by atoms with Crippen molar-refractivity contribution in [2.24, 2.45) is 17.8 Å². The fourth-order valence-electron chi connectivity index (χ4n) is 5.79. The second-order valence-electron chi connectivity index (χ2n) is 9.47. The molecule has 2 aromatic rings. The topological polar surface area (TPSA) is 66.8 Å².